The largest absolute Gasteiger partial charge is 0.369 e. The molecule has 3 rings (SSSR count). The van der Waals surface area contributed by atoms with Gasteiger partial charge in [0.25, 0.3) is 0 Å². The Balaban J connectivity index is 1.71. The monoisotopic (exact) mass is 430 g/mol. The number of hydrogen-bond acceptors (Lipinski definition) is 5. The molecule has 2 aromatic carbocycles. The molecule has 1 amide bonds. The third kappa shape index (κ3) is 5.31. The fourth-order valence-corrected chi connectivity index (χ4v) is 4.74. The second-order valence-corrected chi connectivity index (χ2v) is 9.76. The van der Waals surface area contributed by atoms with Crippen LogP contribution in [0, 0.1) is 6.92 Å². The highest BCUT2D eigenvalue weighted by atomic mass is 32.2. The molecule has 1 saturated heterocycles. The third-order valence-corrected chi connectivity index (χ3v) is 6.62. The number of anilines is 3. The van der Waals surface area contributed by atoms with Crippen LogP contribution in [0.15, 0.2) is 48.5 Å². The van der Waals surface area contributed by atoms with Gasteiger partial charge < -0.3 is 15.1 Å². The number of nitrogens with one attached hydrogen (secondary N) is 1. The Bertz CT molecular complexity index is 966. The zero-order valence-electron chi connectivity index (χ0n) is 18.0. The van der Waals surface area contributed by atoms with Crippen LogP contribution in [0.1, 0.15) is 12.5 Å². The van der Waals surface area contributed by atoms with E-state index in [1.54, 1.807) is 19.1 Å². The van der Waals surface area contributed by atoms with Crippen LogP contribution in [-0.4, -0.2) is 64.7 Å². The Morgan fingerprint density at radius 3 is 2.10 bits per heavy atom. The highest BCUT2D eigenvalue weighted by Crippen LogP contribution is 2.23. The van der Waals surface area contributed by atoms with E-state index in [-0.39, 0.29) is 5.91 Å². The normalized spacial score (nSPS) is 16.2. The summed E-state index contributed by atoms with van der Waals surface area (Å²) in [5.74, 6) is -0.381. The van der Waals surface area contributed by atoms with Crippen LogP contribution in [0.25, 0.3) is 0 Å². The summed E-state index contributed by atoms with van der Waals surface area (Å²) >= 11 is 0. The molecule has 0 aromatic heterocycles. The van der Waals surface area contributed by atoms with Gasteiger partial charge in [-0.1, -0.05) is 17.7 Å². The van der Waals surface area contributed by atoms with Crippen molar-refractivity contribution in [3.05, 3.63) is 54.1 Å². The molecule has 1 aliphatic heterocycles. The molecule has 1 atom stereocenters. The molecule has 1 N–H and O–H groups in total. The van der Waals surface area contributed by atoms with E-state index in [1.165, 1.54) is 0 Å². The maximum atomic E-state index is 12.8. The lowest BCUT2D eigenvalue weighted by molar-refractivity contribution is -0.116. The molecule has 162 valence electrons. The molecule has 1 heterocycles. The fraction of sp³-hybridized carbons (Fsp3) is 0.409. The van der Waals surface area contributed by atoms with Crippen LogP contribution >= 0.6 is 0 Å². The summed E-state index contributed by atoms with van der Waals surface area (Å²) in [7, 11) is -1.51. The van der Waals surface area contributed by atoms with Gasteiger partial charge in [-0.05, 0) is 57.3 Å². The van der Waals surface area contributed by atoms with Crippen molar-refractivity contribution in [3.8, 4) is 0 Å². The first-order chi connectivity index (χ1) is 14.1. The average Bonchev–Trinajstić information content (AvgIpc) is 2.70. The van der Waals surface area contributed by atoms with Gasteiger partial charge in [0.05, 0.1) is 11.9 Å². The summed E-state index contributed by atoms with van der Waals surface area (Å²) < 4.78 is 25.9. The van der Waals surface area contributed by atoms with Crippen molar-refractivity contribution >= 4 is 33.0 Å². The quantitative estimate of drug-likeness (QED) is 0.763. The standard InChI is InChI=1S/C22H30N4O3S/c1-17-5-9-21(10-6-17)26(30(4,28)29)18(2)22(27)23-19-7-11-20(12-8-19)25-15-13-24(3)14-16-25/h5-12,18H,13-16H2,1-4H3,(H,23,27)/t18-/m0/s1. The number of sulfonamides is 1. The average molecular weight is 431 g/mol. The molecular formula is C22H30N4O3S. The lowest BCUT2D eigenvalue weighted by Crippen LogP contribution is -2.45. The van der Waals surface area contributed by atoms with Gasteiger partial charge in [0.15, 0.2) is 0 Å². The Morgan fingerprint density at radius 1 is 1.00 bits per heavy atom. The minimum absolute atomic E-state index is 0.381. The van der Waals surface area contributed by atoms with E-state index in [2.05, 4.69) is 22.2 Å². The van der Waals surface area contributed by atoms with Crippen LogP contribution in [-0.2, 0) is 14.8 Å². The number of amides is 1. The molecule has 7 nitrogen and oxygen atoms in total. The number of benzene rings is 2. The van der Waals surface area contributed by atoms with Gasteiger partial charge in [0, 0.05) is 37.6 Å². The van der Waals surface area contributed by atoms with Crippen molar-refractivity contribution in [2.45, 2.75) is 19.9 Å². The Morgan fingerprint density at radius 2 is 1.57 bits per heavy atom. The fourth-order valence-electron chi connectivity index (χ4n) is 3.57. The summed E-state index contributed by atoms with van der Waals surface area (Å²) in [6, 6.07) is 13.9. The molecule has 0 bridgehead atoms. The number of carbonyl (C=O) groups is 1. The minimum Gasteiger partial charge on any atom is -0.369 e. The number of aryl methyl sites for hydroxylation is 1. The van der Waals surface area contributed by atoms with Gasteiger partial charge in [-0.2, -0.15) is 0 Å². The van der Waals surface area contributed by atoms with Gasteiger partial charge in [0.2, 0.25) is 15.9 Å². The maximum Gasteiger partial charge on any atom is 0.247 e. The first kappa shape index (κ1) is 22.1. The number of piperazine rings is 1. The van der Waals surface area contributed by atoms with Crippen molar-refractivity contribution in [1.82, 2.24) is 4.90 Å². The van der Waals surface area contributed by atoms with Crippen LogP contribution in [0.4, 0.5) is 17.1 Å². The molecule has 1 aliphatic rings. The first-order valence-corrected chi connectivity index (χ1v) is 11.9. The second-order valence-electron chi connectivity index (χ2n) is 7.90. The molecule has 0 spiro atoms. The predicted octanol–water partition coefficient (Wildman–Crippen LogP) is 2.54. The number of carbonyl (C=O) groups excluding carboxylic acids is 1. The zero-order chi connectivity index (χ0) is 21.9. The van der Waals surface area contributed by atoms with Gasteiger partial charge in [0.1, 0.15) is 6.04 Å². The van der Waals surface area contributed by atoms with E-state index in [0.717, 1.165) is 48.0 Å². The van der Waals surface area contributed by atoms with Gasteiger partial charge in [-0.25, -0.2) is 8.42 Å². The maximum absolute atomic E-state index is 12.8. The SMILES string of the molecule is Cc1ccc(N([C@@H](C)C(=O)Nc2ccc(N3CCN(C)CC3)cc2)S(C)(=O)=O)cc1. The molecule has 0 aliphatic carbocycles. The Labute approximate surface area is 179 Å². The van der Waals surface area contributed by atoms with E-state index < -0.39 is 16.1 Å². The predicted molar refractivity (Wildman–Crippen MR) is 123 cm³/mol. The van der Waals surface area contributed by atoms with Crippen LogP contribution in [0.3, 0.4) is 0 Å². The van der Waals surface area contributed by atoms with Crippen molar-refractivity contribution in [3.63, 3.8) is 0 Å². The number of rotatable bonds is 6. The lowest BCUT2D eigenvalue weighted by Gasteiger charge is -2.34. The van der Waals surface area contributed by atoms with Gasteiger partial charge in [-0.3, -0.25) is 9.10 Å². The second kappa shape index (κ2) is 9.06. The summed E-state index contributed by atoms with van der Waals surface area (Å²) in [5.41, 5.74) is 3.24. The molecule has 8 heteroatoms. The smallest absolute Gasteiger partial charge is 0.247 e. The molecule has 0 saturated carbocycles. The topological polar surface area (TPSA) is 73.0 Å². The van der Waals surface area contributed by atoms with E-state index in [9.17, 15) is 13.2 Å². The first-order valence-electron chi connectivity index (χ1n) is 10.1. The van der Waals surface area contributed by atoms with Crippen molar-refractivity contribution in [2.24, 2.45) is 0 Å². The molecule has 0 unspecified atom stereocenters. The lowest BCUT2D eigenvalue weighted by atomic mass is 10.2. The number of hydrogen-bond donors (Lipinski definition) is 1. The molecular weight excluding hydrogens is 400 g/mol. The summed E-state index contributed by atoms with van der Waals surface area (Å²) in [5, 5.41) is 2.84. The summed E-state index contributed by atoms with van der Waals surface area (Å²) in [6.45, 7) is 7.51. The third-order valence-electron chi connectivity index (χ3n) is 5.38. The molecule has 0 radical (unpaired) electrons. The Kier molecular flexibility index (Phi) is 6.67. The number of nitrogens with zero attached hydrogens (tertiary/aromatic N) is 3. The van der Waals surface area contributed by atoms with Crippen LogP contribution in [0.2, 0.25) is 0 Å². The van der Waals surface area contributed by atoms with Crippen LogP contribution < -0.4 is 14.5 Å². The van der Waals surface area contributed by atoms with E-state index in [4.69, 9.17) is 0 Å². The van der Waals surface area contributed by atoms with Crippen molar-refractivity contribution in [1.29, 1.82) is 0 Å². The van der Waals surface area contributed by atoms with Gasteiger partial charge >= 0.3 is 0 Å². The highest BCUT2D eigenvalue weighted by molar-refractivity contribution is 7.92. The molecule has 1 fully saturated rings. The minimum atomic E-state index is -3.63. The van der Waals surface area contributed by atoms with Crippen LogP contribution in [0.5, 0.6) is 0 Å². The zero-order valence-corrected chi connectivity index (χ0v) is 18.8. The van der Waals surface area contributed by atoms with Gasteiger partial charge in [-0.15, -0.1) is 0 Å². The highest BCUT2D eigenvalue weighted by Gasteiger charge is 2.29. The molecule has 2 aromatic rings. The summed E-state index contributed by atoms with van der Waals surface area (Å²) in [6.07, 6.45) is 1.11. The van der Waals surface area contributed by atoms with Crippen molar-refractivity contribution in [2.75, 3.05) is 54.0 Å². The van der Waals surface area contributed by atoms with Crippen molar-refractivity contribution < 1.29 is 13.2 Å². The number of likely N-dealkylation sites (N-methyl/N-ethyl adjacent to an activating group) is 1. The van der Waals surface area contributed by atoms with E-state index >= 15 is 0 Å². The molecule has 30 heavy (non-hydrogen) atoms. The Hall–Kier alpha value is -2.58. The van der Waals surface area contributed by atoms with E-state index in [0.29, 0.717) is 11.4 Å². The van der Waals surface area contributed by atoms with E-state index in [1.807, 2.05) is 43.3 Å². The summed E-state index contributed by atoms with van der Waals surface area (Å²) in [4.78, 5) is 17.4.